The van der Waals surface area contributed by atoms with Gasteiger partial charge in [0.2, 0.25) is 18.1 Å². The van der Waals surface area contributed by atoms with E-state index in [0.29, 0.717) is 12.0 Å². The van der Waals surface area contributed by atoms with Gasteiger partial charge in [0.1, 0.15) is 11.6 Å². The van der Waals surface area contributed by atoms with Gasteiger partial charge >= 0.3 is 5.97 Å². The van der Waals surface area contributed by atoms with Crippen molar-refractivity contribution in [2.24, 2.45) is 5.73 Å². The van der Waals surface area contributed by atoms with Crippen molar-refractivity contribution >= 4 is 35.9 Å². The Morgan fingerprint density at radius 1 is 1.19 bits per heavy atom. The van der Waals surface area contributed by atoms with Crippen LogP contribution in [0.2, 0.25) is 0 Å². The van der Waals surface area contributed by atoms with Crippen molar-refractivity contribution in [3.63, 3.8) is 0 Å². The first-order valence-electron chi connectivity index (χ1n) is 9.70. The zero-order chi connectivity index (χ0) is 24.1. The lowest BCUT2D eigenvalue weighted by Crippen LogP contribution is -2.58. The van der Waals surface area contributed by atoms with E-state index in [1.165, 1.54) is 13.2 Å². The molecule has 1 aromatic carbocycles. The largest absolute Gasteiger partial charge is 0.481 e. The van der Waals surface area contributed by atoms with Crippen LogP contribution in [-0.2, 0) is 19.2 Å². The molecular formula is C20H27N6O6. The van der Waals surface area contributed by atoms with Gasteiger partial charge in [-0.25, -0.2) is 0 Å². The van der Waals surface area contributed by atoms with E-state index in [-0.39, 0.29) is 18.9 Å². The molecule has 3 amide bonds. The highest BCUT2D eigenvalue weighted by molar-refractivity contribution is 5.99. The Balaban J connectivity index is 2.80. The zero-order valence-electron chi connectivity index (χ0n) is 17.6. The third-order valence-corrected chi connectivity index (χ3v) is 4.36. The van der Waals surface area contributed by atoms with E-state index in [9.17, 15) is 24.0 Å². The molecule has 0 saturated carbocycles. The topological polar surface area (TPSA) is 204 Å². The van der Waals surface area contributed by atoms with Gasteiger partial charge in [-0.3, -0.25) is 29.4 Å². The quantitative estimate of drug-likeness (QED) is 0.109. The molecule has 0 heterocycles. The monoisotopic (exact) mass is 447 g/mol. The predicted molar refractivity (Wildman–Crippen MR) is 114 cm³/mol. The fraction of sp³-hybridized carbons (Fsp3) is 0.400. The summed E-state index contributed by atoms with van der Waals surface area (Å²) in [5, 5.41) is 25.7. The van der Waals surface area contributed by atoms with E-state index >= 15 is 0 Å². The molecule has 32 heavy (non-hydrogen) atoms. The minimum atomic E-state index is -1.41. The van der Waals surface area contributed by atoms with Crippen LogP contribution in [0.5, 0.6) is 0 Å². The highest BCUT2D eigenvalue weighted by Crippen LogP contribution is 2.14. The standard InChI is InChI=1S/C20H27N6O6/c1-20(8-5-9-23-19(21)22,26-17(31)13-6-3-2-4-7-13)18(32)24-11-15(28)25-14(12-27)10-16(29)30/h2-4,6-7,14H,5,8-11H2,1H3,(H,24,32)(H,25,28)(H,26,31)(H,29,30)(H4,21,22,23)/t14-,20-/m0/s1. The van der Waals surface area contributed by atoms with E-state index < -0.39 is 48.2 Å². The summed E-state index contributed by atoms with van der Waals surface area (Å²) in [6.45, 7) is 1.23. The summed E-state index contributed by atoms with van der Waals surface area (Å²) < 4.78 is 0. The van der Waals surface area contributed by atoms with Crippen molar-refractivity contribution in [3.05, 3.63) is 35.9 Å². The maximum absolute atomic E-state index is 12.8. The summed E-state index contributed by atoms with van der Waals surface area (Å²) in [6.07, 6.45) is 1.28. The predicted octanol–water partition coefficient (Wildman–Crippen LogP) is -1.38. The number of hydrogen-bond acceptors (Lipinski definition) is 6. The van der Waals surface area contributed by atoms with Gasteiger partial charge in [-0.2, -0.15) is 0 Å². The summed E-state index contributed by atoms with van der Waals surface area (Å²) in [5.74, 6) is -3.47. The van der Waals surface area contributed by atoms with Gasteiger partial charge in [0.15, 0.2) is 5.96 Å². The Bertz CT molecular complexity index is 846. The average Bonchev–Trinajstić information content (AvgIpc) is 2.74. The second kappa shape index (κ2) is 12.7. The van der Waals surface area contributed by atoms with Crippen molar-refractivity contribution in [2.45, 2.75) is 37.8 Å². The van der Waals surface area contributed by atoms with E-state index in [1.54, 1.807) is 30.3 Å². The van der Waals surface area contributed by atoms with Crippen LogP contribution in [0.25, 0.3) is 0 Å². The number of benzene rings is 1. The zero-order valence-corrected chi connectivity index (χ0v) is 17.6. The molecule has 2 atom stereocenters. The average molecular weight is 447 g/mol. The van der Waals surface area contributed by atoms with E-state index in [4.69, 9.17) is 16.2 Å². The Morgan fingerprint density at radius 3 is 2.41 bits per heavy atom. The van der Waals surface area contributed by atoms with Gasteiger partial charge in [-0.05, 0) is 31.9 Å². The molecule has 12 nitrogen and oxygen atoms in total. The molecule has 0 fully saturated rings. The van der Waals surface area contributed by atoms with Crippen LogP contribution in [0, 0.1) is 5.41 Å². The Morgan fingerprint density at radius 2 is 1.84 bits per heavy atom. The summed E-state index contributed by atoms with van der Waals surface area (Å²) in [4.78, 5) is 58.8. The smallest absolute Gasteiger partial charge is 0.305 e. The number of carboxylic acids is 1. The molecule has 0 aliphatic carbocycles. The lowest BCUT2D eigenvalue weighted by Gasteiger charge is -2.30. The second-order valence-electron chi connectivity index (χ2n) is 7.11. The molecule has 0 bridgehead atoms. The number of nitrogens with two attached hydrogens (primary N) is 1. The van der Waals surface area contributed by atoms with Crippen molar-refractivity contribution in [3.8, 4) is 0 Å². The molecule has 0 saturated heterocycles. The van der Waals surface area contributed by atoms with Gasteiger partial charge in [0, 0.05) is 12.1 Å². The van der Waals surface area contributed by atoms with Crippen molar-refractivity contribution in [1.29, 1.82) is 5.41 Å². The lowest BCUT2D eigenvalue weighted by atomic mass is 9.93. The van der Waals surface area contributed by atoms with Gasteiger partial charge in [0.05, 0.1) is 13.0 Å². The van der Waals surface area contributed by atoms with Crippen molar-refractivity contribution in [2.75, 3.05) is 13.1 Å². The summed E-state index contributed by atoms with van der Waals surface area (Å²) >= 11 is 0. The van der Waals surface area contributed by atoms with Crippen LogP contribution < -0.4 is 27.0 Å². The van der Waals surface area contributed by atoms with E-state index in [1.807, 2.05) is 0 Å². The van der Waals surface area contributed by atoms with Gasteiger partial charge in [-0.1, -0.05) is 18.2 Å². The number of aliphatic carboxylic acids is 1. The number of nitrogens with one attached hydrogen (secondary N) is 5. The molecule has 12 heteroatoms. The van der Waals surface area contributed by atoms with Crippen LogP contribution >= 0.6 is 0 Å². The highest BCUT2D eigenvalue weighted by atomic mass is 16.4. The fourth-order valence-corrected chi connectivity index (χ4v) is 2.71. The second-order valence-corrected chi connectivity index (χ2v) is 7.11. The summed E-state index contributed by atoms with van der Waals surface area (Å²) in [6, 6.07) is 6.89. The van der Waals surface area contributed by atoms with E-state index in [0.717, 1.165) is 0 Å². The molecule has 0 spiro atoms. The first-order chi connectivity index (χ1) is 15.1. The third-order valence-electron chi connectivity index (χ3n) is 4.36. The van der Waals surface area contributed by atoms with Crippen LogP contribution in [0.15, 0.2) is 30.3 Å². The van der Waals surface area contributed by atoms with Crippen LogP contribution in [-0.4, -0.2) is 65.7 Å². The van der Waals surface area contributed by atoms with E-state index in [2.05, 4.69) is 21.3 Å². The number of rotatable bonds is 13. The molecule has 1 rings (SSSR count). The van der Waals surface area contributed by atoms with Crippen molar-refractivity contribution < 1.29 is 29.1 Å². The first kappa shape index (κ1) is 26.1. The number of guanidine groups is 1. The molecular weight excluding hydrogens is 420 g/mol. The highest BCUT2D eigenvalue weighted by Gasteiger charge is 2.35. The molecule has 8 N–H and O–H groups in total. The number of carbonyl (C=O) groups excluding carboxylic acids is 4. The van der Waals surface area contributed by atoms with Crippen LogP contribution in [0.1, 0.15) is 36.5 Å². The number of amides is 3. The normalized spacial score (nSPS) is 13.0. The Labute approximate surface area is 184 Å². The lowest BCUT2D eigenvalue weighted by molar-refractivity contribution is -0.137. The summed E-state index contributed by atoms with van der Waals surface area (Å²) in [5.41, 5.74) is 4.16. The Hall–Kier alpha value is -3.96. The molecule has 0 aliphatic heterocycles. The fourth-order valence-electron chi connectivity index (χ4n) is 2.71. The molecule has 1 radical (unpaired) electrons. The summed E-state index contributed by atoms with van der Waals surface area (Å²) in [7, 11) is 0. The molecule has 173 valence electrons. The van der Waals surface area contributed by atoms with Gasteiger partial charge < -0.3 is 32.1 Å². The number of hydrogen-bond donors (Lipinski definition) is 7. The maximum Gasteiger partial charge on any atom is 0.305 e. The number of carbonyl (C=O) groups is 4. The molecule has 1 aromatic rings. The van der Waals surface area contributed by atoms with Crippen LogP contribution in [0.3, 0.4) is 0 Å². The maximum atomic E-state index is 12.8. The minimum absolute atomic E-state index is 0.156. The van der Waals surface area contributed by atoms with Crippen molar-refractivity contribution in [1.82, 2.24) is 21.3 Å². The van der Waals surface area contributed by atoms with Gasteiger partial charge in [0.25, 0.3) is 5.91 Å². The Kier molecular flexibility index (Phi) is 10.3. The van der Waals surface area contributed by atoms with Gasteiger partial charge in [-0.15, -0.1) is 0 Å². The molecule has 0 aromatic heterocycles. The third kappa shape index (κ3) is 9.24. The van der Waals surface area contributed by atoms with Crippen LogP contribution in [0.4, 0.5) is 0 Å². The SMILES string of the molecule is C[C@@](CCCNC(=N)N)(NC(=O)c1ccccc1)C(=O)NCC(=O)N[C@H]([C]=O)CC(=O)O. The minimum Gasteiger partial charge on any atom is -0.481 e. The number of carboxylic acid groups (broad SMARTS) is 1. The first-order valence-corrected chi connectivity index (χ1v) is 9.70. The molecule has 0 unspecified atom stereocenters. The molecule has 0 aliphatic rings.